The molecular formula is C16H23NO. The Labute approximate surface area is 110 Å². The summed E-state index contributed by atoms with van der Waals surface area (Å²) in [4.78, 5) is 0. The average Bonchev–Trinajstić information content (AvgIpc) is 2.34. The van der Waals surface area contributed by atoms with Gasteiger partial charge in [0.1, 0.15) is 5.75 Å². The normalized spacial score (nSPS) is 24.8. The van der Waals surface area contributed by atoms with Gasteiger partial charge >= 0.3 is 0 Å². The van der Waals surface area contributed by atoms with Gasteiger partial charge in [0.05, 0.1) is 6.61 Å². The summed E-state index contributed by atoms with van der Waals surface area (Å²) in [6.07, 6.45) is 7.68. The van der Waals surface area contributed by atoms with Crippen molar-refractivity contribution in [3.8, 4) is 5.75 Å². The van der Waals surface area contributed by atoms with Gasteiger partial charge in [0.15, 0.2) is 0 Å². The van der Waals surface area contributed by atoms with Crippen LogP contribution in [0.5, 0.6) is 5.75 Å². The highest BCUT2D eigenvalue weighted by atomic mass is 16.5. The molecule has 0 aromatic heterocycles. The smallest absolute Gasteiger partial charge is 0.122 e. The molecule has 2 N–H and O–H groups in total. The number of rotatable bonds is 4. The maximum absolute atomic E-state index is 6.33. The number of para-hydroxylation sites is 1. The molecule has 0 spiro atoms. The highest BCUT2D eigenvalue weighted by Crippen LogP contribution is 2.38. The van der Waals surface area contributed by atoms with Crippen LogP contribution in [0.2, 0.25) is 0 Å². The van der Waals surface area contributed by atoms with E-state index in [4.69, 9.17) is 10.5 Å². The summed E-state index contributed by atoms with van der Waals surface area (Å²) >= 11 is 0. The van der Waals surface area contributed by atoms with Crippen LogP contribution < -0.4 is 10.5 Å². The molecule has 0 bridgehead atoms. The minimum absolute atomic E-state index is 0.367. The Hall–Kier alpha value is -1.02. The van der Waals surface area contributed by atoms with E-state index in [-0.39, 0.29) is 0 Å². The van der Waals surface area contributed by atoms with Gasteiger partial charge in [-0.1, -0.05) is 37.5 Å². The van der Waals surface area contributed by atoms with Crippen LogP contribution >= 0.6 is 0 Å². The van der Waals surface area contributed by atoms with Gasteiger partial charge in [0, 0.05) is 6.04 Å². The summed E-state index contributed by atoms with van der Waals surface area (Å²) in [6, 6.07) is 8.81. The van der Waals surface area contributed by atoms with E-state index in [0.717, 1.165) is 31.1 Å². The number of benzene rings is 1. The van der Waals surface area contributed by atoms with Crippen LogP contribution in [0.3, 0.4) is 0 Å². The molecule has 2 unspecified atom stereocenters. The molecule has 1 aliphatic carbocycles. The van der Waals surface area contributed by atoms with Gasteiger partial charge in [-0.3, -0.25) is 0 Å². The fourth-order valence-electron chi connectivity index (χ4n) is 3.28. The number of nitrogens with two attached hydrogens (primary N) is 1. The first kappa shape index (κ1) is 12.0. The van der Waals surface area contributed by atoms with Gasteiger partial charge in [-0.05, 0) is 42.7 Å². The molecule has 2 aliphatic rings. The standard InChI is InChI=1S/C16H23NO/c17-14(10-12-4-3-5-12)11-13-8-9-18-16-7-2-1-6-15(13)16/h1-2,6-7,12-14H,3-5,8-11,17H2. The van der Waals surface area contributed by atoms with Crippen molar-refractivity contribution in [2.45, 2.75) is 50.5 Å². The summed E-state index contributed by atoms with van der Waals surface area (Å²) in [5.74, 6) is 2.59. The Morgan fingerprint density at radius 1 is 1.17 bits per heavy atom. The first-order valence-corrected chi connectivity index (χ1v) is 7.30. The van der Waals surface area contributed by atoms with Crippen molar-refractivity contribution in [2.24, 2.45) is 11.7 Å². The Balaban J connectivity index is 1.62. The second kappa shape index (κ2) is 5.31. The molecule has 0 radical (unpaired) electrons. The van der Waals surface area contributed by atoms with Crippen molar-refractivity contribution < 1.29 is 4.74 Å². The van der Waals surface area contributed by atoms with Crippen molar-refractivity contribution in [2.75, 3.05) is 6.61 Å². The zero-order valence-electron chi connectivity index (χ0n) is 11.0. The maximum Gasteiger partial charge on any atom is 0.122 e. The van der Waals surface area contributed by atoms with Gasteiger partial charge in [0.25, 0.3) is 0 Å². The van der Waals surface area contributed by atoms with E-state index in [1.165, 1.54) is 31.2 Å². The van der Waals surface area contributed by atoms with Crippen molar-refractivity contribution in [3.63, 3.8) is 0 Å². The second-order valence-corrected chi connectivity index (χ2v) is 5.90. The first-order chi connectivity index (χ1) is 8.83. The lowest BCUT2D eigenvalue weighted by Crippen LogP contribution is -2.29. The molecule has 1 fully saturated rings. The Bertz CT molecular complexity index is 400. The van der Waals surface area contributed by atoms with E-state index in [1.54, 1.807) is 0 Å². The number of ether oxygens (including phenoxy) is 1. The fraction of sp³-hybridized carbons (Fsp3) is 0.625. The molecule has 3 rings (SSSR count). The fourth-order valence-corrected chi connectivity index (χ4v) is 3.28. The molecular weight excluding hydrogens is 222 g/mol. The third kappa shape index (κ3) is 2.54. The summed E-state index contributed by atoms with van der Waals surface area (Å²) in [5, 5.41) is 0. The van der Waals surface area contributed by atoms with Gasteiger partial charge in [0.2, 0.25) is 0 Å². The lowest BCUT2D eigenvalue weighted by Gasteiger charge is -2.31. The van der Waals surface area contributed by atoms with E-state index in [1.807, 2.05) is 0 Å². The monoisotopic (exact) mass is 245 g/mol. The summed E-state index contributed by atoms with van der Waals surface area (Å²) in [7, 11) is 0. The van der Waals surface area contributed by atoms with Crippen molar-refractivity contribution in [3.05, 3.63) is 29.8 Å². The van der Waals surface area contributed by atoms with E-state index < -0.39 is 0 Å². The third-order valence-corrected chi connectivity index (χ3v) is 4.53. The Morgan fingerprint density at radius 3 is 2.78 bits per heavy atom. The van der Waals surface area contributed by atoms with Crippen molar-refractivity contribution in [1.29, 1.82) is 0 Å². The lowest BCUT2D eigenvalue weighted by atomic mass is 9.78. The SMILES string of the molecule is NC(CC1CCC1)CC1CCOc2ccccc21. The molecule has 18 heavy (non-hydrogen) atoms. The molecule has 98 valence electrons. The van der Waals surface area contributed by atoms with Crippen molar-refractivity contribution >= 4 is 0 Å². The van der Waals surface area contributed by atoms with Crippen LogP contribution in [0.1, 0.15) is 50.0 Å². The zero-order chi connectivity index (χ0) is 12.4. The maximum atomic E-state index is 6.33. The van der Waals surface area contributed by atoms with Gasteiger partial charge in [-0.25, -0.2) is 0 Å². The molecule has 2 atom stereocenters. The Morgan fingerprint density at radius 2 is 2.00 bits per heavy atom. The molecule has 2 heteroatoms. The van der Waals surface area contributed by atoms with Crippen LogP contribution in [-0.4, -0.2) is 12.6 Å². The van der Waals surface area contributed by atoms with Crippen LogP contribution in [0, 0.1) is 5.92 Å². The lowest BCUT2D eigenvalue weighted by molar-refractivity contribution is 0.239. The summed E-state index contributed by atoms with van der Waals surface area (Å²) < 4.78 is 5.71. The van der Waals surface area contributed by atoms with Crippen LogP contribution in [0.25, 0.3) is 0 Å². The molecule has 1 aromatic rings. The highest BCUT2D eigenvalue weighted by molar-refractivity contribution is 5.37. The molecule has 1 aliphatic heterocycles. The van der Waals surface area contributed by atoms with Crippen LogP contribution in [0.4, 0.5) is 0 Å². The first-order valence-electron chi connectivity index (χ1n) is 7.30. The van der Waals surface area contributed by atoms with Crippen LogP contribution in [-0.2, 0) is 0 Å². The minimum Gasteiger partial charge on any atom is -0.493 e. The van der Waals surface area contributed by atoms with E-state index in [0.29, 0.717) is 12.0 Å². The quantitative estimate of drug-likeness (QED) is 0.881. The molecule has 0 saturated heterocycles. The van der Waals surface area contributed by atoms with E-state index in [9.17, 15) is 0 Å². The molecule has 0 amide bonds. The number of hydrogen-bond donors (Lipinski definition) is 1. The molecule has 1 aromatic carbocycles. The summed E-state index contributed by atoms with van der Waals surface area (Å²) in [6.45, 7) is 0.845. The summed E-state index contributed by atoms with van der Waals surface area (Å²) in [5.41, 5.74) is 7.70. The van der Waals surface area contributed by atoms with Crippen molar-refractivity contribution in [1.82, 2.24) is 0 Å². The van der Waals surface area contributed by atoms with E-state index >= 15 is 0 Å². The molecule has 1 heterocycles. The molecule has 1 saturated carbocycles. The Kier molecular flexibility index (Phi) is 3.55. The third-order valence-electron chi connectivity index (χ3n) is 4.53. The molecule has 2 nitrogen and oxygen atoms in total. The topological polar surface area (TPSA) is 35.2 Å². The van der Waals surface area contributed by atoms with Gasteiger partial charge in [-0.15, -0.1) is 0 Å². The second-order valence-electron chi connectivity index (χ2n) is 5.90. The predicted octanol–water partition coefficient (Wildman–Crippen LogP) is 3.46. The van der Waals surface area contributed by atoms with Crippen LogP contribution in [0.15, 0.2) is 24.3 Å². The predicted molar refractivity (Wildman–Crippen MR) is 73.8 cm³/mol. The highest BCUT2D eigenvalue weighted by Gasteiger charge is 2.26. The number of hydrogen-bond acceptors (Lipinski definition) is 2. The van der Waals surface area contributed by atoms with Gasteiger partial charge < -0.3 is 10.5 Å². The largest absolute Gasteiger partial charge is 0.493 e. The zero-order valence-corrected chi connectivity index (χ0v) is 11.0. The minimum atomic E-state index is 0.367. The number of fused-ring (bicyclic) bond motifs is 1. The van der Waals surface area contributed by atoms with Gasteiger partial charge in [-0.2, -0.15) is 0 Å². The average molecular weight is 245 g/mol. The van der Waals surface area contributed by atoms with E-state index in [2.05, 4.69) is 24.3 Å².